The molecule has 2 rings (SSSR count). The van der Waals surface area contributed by atoms with Gasteiger partial charge in [-0.05, 0) is 26.8 Å². The maximum Gasteiger partial charge on any atom is 0.257 e. The first kappa shape index (κ1) is 15.0. The van der Waals surface area contributed by atoms with E-state index in [2.05, 4.69) is 5.32 Å². The maximum atomic E-state index is 12.3. The minimum absolute atomic E-state index is 0.0736. The number of aliphatic hydroxyl groups excluding tert-OH is 2. The van der Waals surface area contributed by atoms with Crippen LogP contribution in [0.4, 0.5) is 0 Å². The second-order valence-corrected chi connectivity index (χ2v) is 5.04. The van der Waals surface area contributed by atoms with E-state index >= 15 is 0 Å². The van der Waals surface area contributed by atoms with Gasteiger partial charge in [0.2, 0.25) is 0 Å². The van der Waals surface area contributed by atoms with Crippen molar-refractivity contribution in [1.29, 1.82) is 0 Å². The minimum Gasteiger partial charge on any atom is -0.464 e. The smallest absolute Gasteiger partial charge is 0.257 e. The van der Waals surface area contributed by atoms with Crippen molar-refractivity contribution in [2.24, 2.45) is 0 Å². The standard InChI is InChI=1S/C14H22N2O4/c1-4-16(5-2)14(19)9-6-11(20-8(9)3)12-13(18)10(17)7-15-12/h6,10,12-13,15,17-18H,4-5,7H2,1-3H3/t10-,12-,13-/m1/s1. The lowest BCUT2D eigenvalue weighted by Gasteiger charge is -2.17. The van der Waals surface area contributed by atoms with Crippen LogP contribution in [0.1, 0.15) is 41.8 Å². The number of nitrogens with zero attached hydrogens (tertiary/aromatic N) is 1. The van der Waals surface area contributed by atoms with Gasteiger partial charge in [0.1, 0.15) is 17.6 Å². The van der Waals surface area contributed by atoms with Crippen molar-refractivity contribution in [2.45, 2.75) is 39.0 Å². The van der Waals surface area contributed by atoms with Crippen LogP contribution in [-0.4, -0.2) is 52.9 Å². The number of furan rings is 1. The van der Waals surface area contributed by atoms with Crippen LogP contribution in [0.5, 0.6) is 0 Å². The summed E-state index contributed by atoms with van der Waals surface area (Å²) in [6.07, 6.45) is -1.73. The van der Waals surface area contributed by atoms with Crippen LogP contribution < -0.4 is 5.32 Å². The van der Waals surface area contributed by atoms with Gasteiger partial charge in [0.05, 0.1) is 17.7 Å². The van der Waals surface area contributed by atoms with Crippen LogP contribution in [0.2, 0.25) is 0 Å². The van der Waals surface area contributed by atoms with Crippen LogP contribution in [0.25, 0.3) is 0 Å². The zero-order valence-electron chi connectivity index (χ0n) is 12.1. The Morgan fingerprint density at radius 3 is 2.60 bits per heavy atom. The third-order valence-corrected chi connectivity index (χ3v) is 3.81. The Kier molecular flexibility index (Phi) is 4.47. The third kappa shape index (κ3) is 2.59. The van der Waals surface area contributed by atoms with E-state index in [9.17, 15) is 15.0 Å². The molecule has 1 amide bonds. The zero-order valence-corrected chi connectivity index (χ0v) is 12.1. The maximum absolute atomic E-state index is 12.3. The van der Waals surface area contributed by atoms with Gasteiger partial charge in [-0.1, -0.05) is 0 Å². The van der Waals surface area contributed by atoms with Gasteiger partial charge < -0.3 is 24.8 Å². The molecule has 112 valence electrons. The zero-order chi connectivity index (χ0) is 14.9. The molecule has 6 nitrogen and oxygen atoms in total. The summed E-state index contributed by atoms with van der Waals surface area (Å²) in [5.74, 6) is 0.949. The normalized spacial score (nSPS) is 25.9. The molecule has 6 heteroatoms. The molecule has 0 bridgehead atoms. The molecule has 0 unspecified atom stereocenters. The van der Waals surface area contributed by atoms with Crippen LogP contribution in [-0.2, 0) is 0 Å². The monoisotopic (exact) mass is 282 g/mol. The summed E-state index contributed by atoms with van der Waals surface area (Å²) in [5, 5.41) is 22.4. The van der Waals surface area contributed by atoms with Crippen LogP contribution in [0.15, 0.2) is 10.5 Å². The number of β-amino-alcohol motifs (C(OH)–C–C–N with tert-alkyl or cyclic N) is 1. The first-order valence-electron chi connectivity index (χ1n) is 6.98. The first-order chi connectivity index (χ1) is 9.49. The van der Waals surface area contributed by atoms with E-state index in [1.807, 2.05) is 13.8 Å². The predicted octanol–water partition coefficient (Wildman–Crippen LogP) is 0.436. The molecular formula is C14H22N2O4. The number of hydrogen-bond donors (Lipinski definition) is 3. The van der Waals surface area contributed by atoms with Gasteiger partial charge in [-0.2, -0.15) is 0 Å². The minimum atomic E-state index is -0.919. The van der Waals surface area contributed by atoms with Gasteiger partial charge in [0.25, 0.3) is 5.91 Å². The molecule has 3 N–H and O–H groups in total. The SMILES string of the molecule is CCN(CC)C(=O)c1cc([C@H]2NC[C@@H](O)[C@H]2O)oc1C. The van der Waals surface area contributed by atoms with E-state index < -0.39 is 18.2 Å². The lowest BCUT2D eigenvalue weighted by atomic mass is 10.1. The van der Waals surface area contributed by atoms with Crippen molar-refractivity contribution < 1.29 is 19.4 Å². The third-order valence-electron chi connectivity index (χ3n) is 3.81. The molecule has 0 spiro atoms. The molecule has 2 heterocycles. The summed E-state index contributed by atoms with van der Waals surface area (Å²) < 4.78 is 5.60. The van der Waals surface area contributed by atoms with Crippen LogP contribution in [0, 0.1) is 6.92 Å². The van der Waals surface area contributed by atoms with E-state index in [0.717, 1.165) is 0 Å². The lowest BCUT2D eigenvalue weighted by Crippen LogP contribution is -2.30. The first-order valence-corrected chi connectivity index (χ1v) is 6.98. The molecule has 0 aromatic carbocycles. The van der Waals surface area contributed by atoms with Gasteiger partial charge in [0.15, 0.2) is 0 Å². The Balaban J connectivity index is 2.24. The van der Waals surface area contributed by atoms with E-state index in [4.69, 9.17) is 4.42 Å². The van der Waals surface area contributed by atoms with Gasteiger partial charge in [-0.3, -0.25) is 4.79 Å². The van der Waals surface area contributed by atoms with E-state index in [1.54, 1.807) is 17.9 Å². The van der Waals surface area contributed by atoms with Gasteiger partial charge in [0, 0.05) is 19.6 Å². The molecule has 0 radical (unpaired) electrons. The highest BCUT2D eigenvalue weighted by Gasteiger charge is 2.37. The number of aryl methyl sites for hydroxylation is 1. The molecular weight excluding hydrogens is 260 g/mol. The van der Waals surface area contributed by atoms with Crippen molar-refractivity contribution in [3.63, 3.8) is 0 Å². The Bertz CT molecular complexity index is 482. The summed E-state index contributed by atoms with van der Waals surface area (Å²) in [6, 6.07) is 1.19. The van der Waals surface area contributed by atoms with E-state index in [0.29, 0.717) is 36.7 Å². The molecule has 20 heavy (non-hydrogen) atoms. The lowest BCUT2D eigenvalue weighted by molar-refractivity contribution is 0.0368. The van der Waals surface area contributed by atoms with Crippen LogP contribution in [0.3, 0.4) is 0 Å². The van der Waals surface area contributed by atoms with Gasteiger partial charge in [-0.25, -0.2) is 0 Å². The quantitative estimate of drug-likeness (QED) is 0.746. The molecule has 1 aliphatic rings. The molecule has 1 saturated heterocycles. The number of rotatable bonds is 4. The molecule has 0 aliphatic carbocycles. The fraction of sp³-hybridized carbons (Fsp3) is 0.643. The number of carbonyl (C=O) groups excluding carboxylic acids is 1. The number of hydrogen-bond acceptors (Lipinski definition) is 5. The van der Waals surface area contributed by atoms with Gasteiger partial charge in [-0.15, -0.1) is 0 Å². The van der Waals surface area contributed by atoms with Crippen molar-refractivity contribution in [2.75, 3.05) is 19.6 Å². The number of nitrogens with one attached hydrogen (secondary N) is 1. The van der Waals surface area contributed by atoms with Gasteiger partial charge >= 0.3 is 0 Å². The Labute approximate surface area is 118 Å². The number of carbonyl (C=O) groups is 1. The fourth-order valence-electron chi connectivity index (χ4n) is 2.53. The predicted molar refractivity (Wildman–Crippen MR) is 73.5 cm³/mol. The largest absolute Gasteiger partial charge is 0.464 e. The van der Waals surface area contributed by atoms with E-state index in [-0.39, 0.29) is 5.91 Å². The highest BCUT2D eigenvalue weighted by molar-refractivity contribution is 5.95. The van der Waals surface area contributed by atoms with E-state index in [1.165, 1.54) is 0 Å². The summed E-state index contributed by atoms with van der Waals surface area (Å²) >= 11 is 0. The Morgan fingerprint density at radius 2 is 2.10 bits per heavy atom. The van der Waals surface area contributed by atoms with Crippen molar-refractivity contribution in [3.8, 4) is 0 Å². The van der Waals surface area contributed by atoms with Crippen LogP contribution >= 0.6 is 0 Å². The Hall–Kier alpha value is -1.37. The molecule has 1 fully saturated rings. The topological polar surface area (TPSA) is 85.9 Å². The van der Waals surface area contributed by atoms with Crippen molar-refractivity contribution in [1.82, 2.24) is 10.2 Å². The Morgan fingerprint density at radius 1 is 1.45 bits per heavy atom. The molecule has 1 aromatic rings. The molecule has 3 atom stereocenters. The average molecular weight is 282 g/mol. The summed E-state index contributed by atoms with van der Waals surface area (Å²) in [6.45, 7) is 7.17. The second-order valence-electron chi connectivity index (χ2n) is 5.04. The molecule has 1 aromatic heterocycles. The second kappa shape index (κ2) is 5.95. The highest BCUT2D eigenvalue weighted by atomic mass is 16.4. The summed E-state index contributed by atoms with van der Waals surface area (Å²) in [4.78, 5) is 14.1. The van der Waals surface area contributed by atoms with Crippen molar-refractivity contribution in [3.05, 3.63) is 23.2 Å². The highest BCUT2D eigenvalue weighted by Crippen LogP contribution is 2.28. The number of amides is 1. The summed E-state index contributed by atoms with van der Waals surface area (Å²) in [7, 11) is 0. The summed E-state index contributed by atoms with van der Waals surface area (Å²) in [5.41, 5.74) is 0.513. The fourth-order valence-corrected chi connectivity index (χ4v) is 2.53. The van der Waals surface area contributed by atoms with Crippen molar-refractivity contribution >= 4 is 5.91 Å². The molecule has 1 aliphatic heterocycles. The number of aliphatic hydroxyl groups is 2. The average Bonchev–Trinajstić information content (AvgIpc) is 2.95. The molecule has 0 saturated carbocycles.